The van der Waals surface area contributed by atoms with Crippen molar-refractivity contribution >= 4 is 110 Å². The Hall–Kier alpha value is 0.829. The summed E-state index contributed by atoms with van der Waals surface area (Å²) in [5.41, 5.74) is -0.0739. The molecule has 1 rings (SSSR count). The lowest BCUT2D eigenvalue weighted by molar-refractivity contribution is 0.182. The molecule has 0 aliphatic carbocycles. The van der Waals surface area contributed by atoms with Crippen LogP contribution >= 0.6 is 0 Å². The van der Waals surface area contributed by atoms with E-state index in [-0.39, 0.29) is 37.0 Å². The molecular weight excluding hydrogens is 263 g/mol. The molecular formula is C7H30B14N2. The Bertz CT molecular complexity index is 462. The van der Waals surface area contributed by atoms with Crippen LogP contribution < -0.4 is 10.6 Å². The van der Waals surface area contributed by atoms with Crippen molar-refractivity contribution in [2.24, 2.45) is 0 Å². The molecule has 0 amide bonds. The molecule has 0 aromatic heterocycles. The van der Waals surface area contributed by atoms with Gasteiger partial charge in [-0.05, 0) is 21.5 Å². The fourth-order valence-corrected chi connectivity index (χ4v) is 5.38. The quantitative estimate of drug-likeness (QED) is 0.505. The first-order valence-electron chi connectivity index (χ1n) is 9.25. The molecule has 0 radical (unpaired) electrons. The Labute approximate surface area is 157 Å². The molecule has 1 heterocycles. The van der Waals surface area contributed by atoms with Crippen LogP contribution in [0.1, 0.15) is 0 Å². The van der Waals surface area contributed by atoms with Crippen LogP contribution in [0.15, 0.2) is 0 Å². The third kappa shape index (κ3) is 2.96. The van der Waals surface area contributed by atoms with Crippen molar-refractivity contribution in [3.63, 3.8) is 0 Å². The van der Waals surface area contributed by atoms with Crippen LogP contribution in [0.2, 0.25) is 15.5 Å². The molecule has 1 unspecified atom stereocenters. The molecule has 16 heteroatoms. The number of hydrogen-bond donors (Lipinski definition) is 2. The molecule has 110 valence electrons. The van der Waals surface area contributed by atoms with Gasteiger partial charge in [0.25, 0.3) is 0 Å². The predicted molar refractivity (Wildman–Crippen MR) is 145 cm³/mol. The van der Waals surface area contributed by atoms with E-state index in [1.807, 2.05) is 0 Å². The molecule has 0 spiro atoms. The minimum absolute atomic E-state index is 0.00493. The van der Waals surface area contributed by atoms with Gasteiger partial charge in [0, 0.05) is 0 Å². The summed E-state index contributed by atoms with van der Waals surface area (Å²) < 4.78 is 0. The van der Waals surface area contributed by atoms with E-state index in [0.29, 0.717) is 0 Å². The topological polar surface area (TPSA) is 24.1 Å². The highest BCUT2D eigenvalue weighted by atomic mass is 15.2. The highest BCUT2D eigenvalue weighted by molar-refractivity contribution is 6.71. The number of piperazine rings is 1. The van der Waals surface area contributed by atoms with Crippen molar-refractivity contribution in [3.05, 3.63) is 0 Å². The van der Waals surface area contributed by atoms with E-state index >= 15 is 0 Å². The first kappa shape index (κ1) is 21.9. The van der Waals surface area contributed by atoms with Gasteiger partial charge in [-0.25, -0.2) is 0 Å². The van der Waals surface area contributed by atoms with E-state index in [0.717, 1.165) is 0 Å². The van der Waals surface area contributed by atoms with Crippen LogP contribution in [0.5, 0.6) is 0 Å². The number of rotatable bonds is 3. The van der Waals surface area contributed by atoms with E-state index in [1.165, 1.54) is 0 Å². The van der Waals surface area contributed by atoms with Crippen molar-refractivity contribution in [1.29, 1.82) is 0 Å². The lowest BCUT2D eigenvalue weighted by Gasteiger charge is -2.75. The van der Waals surface area contributed by atoms with Gasteiger partial charge in [-0.1, -0.05) is 5.31 Å². The Balaban J connectivity index is 3.70. The molecule has 23 heavy (non-hydrogen) atoms. The minimum atomic E-state index is -0.0739. The fourth-order valence-electron chi connectivity index (χ4n) is 5.38. The zero-order chi connectivity index (χ0) is 18.9. The second kappa shape index (κ2) is 5.41. The molecule has 2 N–H and O–H groups in total. The van der Waals surface area contributed by atoms with Gasteiger partial charge >= 0.3 is 0 Å². The average Bonchev–Trinajstić information content (AvgIpc) is 2.20. The van der Waals surface area contributed by atoms with Crippen molar-refractivity contribution in [2.75, 3.05) is 0 Å². The van der Waals surface area contributed by atoms with Crippen LogP contribution in [-0.2, 0) is 0 Å². The molecule has 1 aliphatic heterocycles. The Morgan fingerprint density at radius 2 is 0.783 bits per heavy atom. The van der Waals surface area contributed by atoms with Crippen molar-refractivity contribution in [1.82, 2.24) is 10.6 Å². The standard InChI is InChI=1S/C7H30B14N2/c8-1(3(10,11)12,4(13,14)15)2(9)5(16,17)23-7(20,21)6(18,19)22-2/h22-23H,8-21H2. The van der Waals surface area contributed by atoms with Gasteiger partial charge in [0.15, 0.2) is 0 Å². The van der Waals surface area contributed by atoms with Gasteiger partial charge < -0.3 is 10.6 Å². The highest BCUT2D eigenvalue weighted by Crippen LogP contribution is 2.63. The Kier molecular flexibility index (Phi) is 5.15. The fraction of sp³-hybridized carbons (Fsp3) is 1.00. The molecule has 2 nitrogen and oxygen atoms in total. The van der Waals surface area contributed by atoms with Gasteiger partial charge in [-0.3, -0.25) is 0 Å². The number of nitrogens with one attached hydrogen (secondary N) is 2. The van der Waals surface area contributed by atoms with Crippen molar-refractivity contribution in [3.8, 4) is 0 Å². The van der Waals surface area contributed by atoms with Crippen LogP contribution in [-0.4, -0.2) is 131 Å². The summed E-state index contributed by atoms with van der Waals surface area (Å²) in [6, 6.07) is 0. The maximum absolute atomic E-state index is 4.14. The largest absolute Gasteiger partial charge is 0.335 e. The van der Waals surface area contributed by atoms with E-state index in [9.17, 15) is 0 Å². The molecule has 0 saturated carbocycles. The summed E-state index contributed by atoms with van der Waals surface area (Å²) in [5, 5.41) is 8.50. The minimum Gasteiger partial charge on any atom is -0.335 e. The zero-order valence-electron chi connectivity index (χ0n) is 18.5. The van der Waals surface area contributed by atoms with Crippen LogP contribution in [0.25, 0.3) is 0 Å². The van der Waals surface area contributed by atoms with Gasteiger partial charge in [-0.2, -0.15) is 0 Å². The first-order valence-corrected chi connectivity index (χ1v) is 9.25. The first-order chi connectivity index (χ1) is 9.66. The van der Waals surface area contributed by atoms with Gasteiger partial charge in [0.1, 0.15) is 62.8 Å². The molecule has 0 bridgehead atoms. The molecule has 0 aromatic rings. The smallest absolute Gasteiger partial charge is 0.127 e. The molecule has 1 aliphatic rings. The zero-order valence-corrected chi connectivity index (χ0v) is 18.5. The molecule has 1 saturated heterocycles. The third-order valence-electron chi connectivity index (χ3n) is 8.00. The summed E-state index contributed by atoms with van der Waals surface area (Å²) in [4.78, 5) is 0. The second-order valence-electron chi connectivity index (χ2n) is 11.9. The van der Waals surface area contributed by atoms with E-state index in [4.69, 9.17) is 0 Å². The normalized spacial score (nSPS) is 30.4. The van der Waals surface area contributed by atoms with Crippen LogP contribution in [0, 0.1) is 0 Å². The van der Waals surface area contributed by atoms with Gasteiger partial charge in [0.05, 0.1) is 47.1 Å². The predicted octanol–water partition coefficient (Wildman–Crippen LogP) is -14.0. The summed E-state index contributed by atoms with van der Waals surface area (Å²) in [6.07, 6.45) is 0. The SMILES string of the molecule is BC(B)(B)C(B)(C(B)(B)B)C1(B)NC(B)(B)C(B)(B)NC1(B)B. The summed E-state index contributed by atoms with van der Waals surface area (Å²) in [5.74, 6) is 0. The number of hydrogen-bond acceptors (Lipinski definition) is 2. The summed E-state index contributed by atoms with van der Waals surface area (Å²) in [7, 11) is 33.3. The lowest BCUT2D eigenvalue weighted by Crippen LogP contribution is -2.93. The van der Waals surface area contributed by atoms with Crippen LogP contribution in [0.4, 0.5) is 0 Å². The van der Waals surface area contributed by atoms with Crippen molar-refractivity contribution in [2.45, 2.75) is 37.0 Å². The molecule has 0 aromatic carbocycles. The summed E-state index contributed by atoms with van der Waals surface area (Å²) in [6.45, 7) is 0. The van der Waals surface area contributed by atoms with Crippen LogP contribution in [0.3, 0.4) is 0 Å². The monoisotopic (exact) mass is 296 g/mol. The van der Waals surface area contributed by atoms with E-state index < -0.39 is 0 Å². The van der Waals surface area contributed by atoms with Crippen molar-refractivity contribution < 1.29 is 0 Å². The van der Waals surface area contributed by atoms with Gasteiger partial charge in [0.2, 0.25) is 0 Å². The van der Waals surface area contributed by atoms with Gasteiger partial charge in [-0.15, -0.1) is 10.2 Å². The molecule has 1 fully saturated rings. The Morgan fingerprint density at radius 3 is 1.09 bits per heavy atom. The average molecular weight is 294 g/mol. The lowest BCUT2D eigenvalue weighted by atomic mass is 9.08. The third-order valence-corrected chi connectivity index (χ3v) is 8.00. The summed E-state index contributed by atoms with van der Waals surface area (Å²) >= 11 is 0. The molecule has 1 atom stereocenters. The maximum Gasteiger partial charge on any atom is 0.127 e. The van der Waals surface area contributed by atoms with E-state index in [1.54, 1.807) is 0 Å². The van der Waals surface area contributed by atoms with E-state index in [2.05, 4.69) is 120 Å². The Morgan fingerprint density at radius 1 is 0.478 bits per heavy atom. The maximum atomic E-state index is 4.14. The second-order valence-corrected chi connectivity index (χ2v) is 11.9. The highest BCUT2D eigenvalue weighted by Gasteiger charge is 2.65.